The van der Waals surface area contributed by atoms with Crippen molar-refractivity contribution in [2.24, 2.45) is 0 Å². The van der Waals surface area contributed by atoms with Gasteiger partial charge in [0.1, 0.15) is 11.9 Å². The molecule has 1 heterocycles. The molecule has 0 spiro atoms. The van der Waals surface area contributed by atoms with E-state index in [1.165, 1.54) is 12.1 Å². The van der Waals surface area contributed by atoms with E-state index in [4.69, 9.17) is 4.74 Å². The highest BCUT2D eigenvalue weighted by Gasteiger charge is 2.19. The van der Waals surface area contributed by atoms with Gasteiger partial charge < -0.3 is 10.1 Å². The van der Waals surface area contributed by atoms with Crippen molar-refractivity contribution in [1.82, 2.24) is 4.98 Å². The molecule has 0 atom stereocenters. The summed E-state index contributed by atoms with van der Waals surface area (Å²) in [6, 6.07) is 2.76. The van der Waals surface area contributed by atoms with Gasteiger partial charge in [0.15, 0.2) is 0 Å². The van der Waals surface area contributed by atoms with Crippen molar-refractivity contribution in [3.63, 3.8) is 0 Å². The molecule has 6 heteroatoms. The van der Waals surface area contributed by atoms with Crippen molar-refractivity contribution in [3.05, 3.63) is 22.2 Å². The van der Waals surface area contributed by atoms with Crippen molar-refractivity contribution in [2.75, 3.05) is 12.4 Å². The minimum absolute atomic E-state index is 0.00246. The second-order valence-corrected chi connectivity index (χ2v) is 4.08. The summed E-state index contributed by atoms with van der Waals surface area (Å²) >= 11 is 0. The van der Waals surface area contributed by atoms with Crippen LogP contribution >= 0.6 is 0 Å². The highest BCUT2D eigenvalue weighted by atomic mass is 16.6. The number of aromatic nitrogens is 1. The maximum Gasteiger partial charge on any atom is 0.278 e. The second kappa shape index (κ2) is 4.99. The summed E-state index contributed by atoms with van der Waals surface area (Å²) in [5, 5.41) is 13.5. The van der Waals surface area contributed by atoms with Gasteiger partial charge >= 0.3 is 0 Å². The number of hydrogen-bond donors (Lipinski definition) is 1. The highest BCUT2D eigenvalue weighted by molar-refractivity contribution is 5.47. The maximum atomic E-state index is 10.8. The van der Waals surface area contributed by atoms with Gasteiger partial charge in [0.05, 0.1) is 17.1 Å². The normalized spacial score (nSPS) is 15.8. The van der Waals surface area contributed by atoms with Gasteiger partial charge in [0.25, 0.3) is 5.69 Å². The lowest BCUT2D eigenvalue weighted by Gasteiger charge is -2.12. The number of nitro groups is 1. The number of ether oxygens (including phenoxy) is 1. The first-order valence-corrected chi connectivity index (χ1v) is 5.70. The summed E-state index contributed by atoms with van der Waals surface area (Å²) < 4.78 is 5.65. The molecule has 1 N–H and O–H groups in total. The Kier molecular flexibility index (Phi) is 3.41. The fraction of sp³-hybridized carbons (Fsp3) is 0.545. The van der Waals surface area contributed by atoms with Crippen molar-refractivity contribution in [1.29, 1.82) is 0 Å². The summed E-state index contributed by atoms with van der Waals surface area (Å²) in [4.78, 5) is 14.5. The number of pyridine rings is 1. The fourth-order valence-corrected chi connectivity index (χ4v) is 1.96. The third-order valence-electron chi connectivity index (χ3n) is 2.84. The van der Waals surface area contributed by atoms with Crippen LogP contribution in [0, 0.1) is 10.1 Å². The van der Waals surface area contributed by atoms with E-state index in [1.54, 1.807) is 7.05 Å². The number of hydrogen-bond acceptors (Lipinski definition) is 5. The number of rotatable bonds is 4. The van der Waals surface area contributed by atoms with Crippen LogP contribution < -0.4 is 10.1 Å². The number of nitrogens with one attached hydrogen (secondary N) is 1. The molecular formula is C11H15N3O3. The molecule has 0 saturated heterocycles. The van der Waals surface area contributed by atoms with Gasteiger partial charge in [-0.3, -0.25) is 10.1 Å². The van der Waals surface area contributed by atoms with Crippen LogP contribution in [0.1, 0.15) is 25.7 Å². The van der Waals surface area contributed by atoms with Crippen LogP contribution in [-0.4, -0.2) is 23.1 Å². The Bertz CT molecular complexity index is 416. The van der Waals surface area contributed by atoms with Crippen LogP contribution in [0.25, 0.3) is 0 Å². The number of nitrogens with zero attached hydrogens (tertiary/aromatic N) is 2. The van der Waals surface area contributed by atoms with E-state index in [1.807, 2.05) is 0 Å². The molecule has 1 aliphatic carbocycles. The van der Waals surface area contributed by atoms with E-state index in [9.17, 15) is 10.1 Å². The van der Waals surface area contributed by atoms with Gasteiger partial charge in [0, 0.05) is 7.05 Å². The zero-order valence-corrected chi connectivity index (χ0v) is 9.68. The van der Waals surface area contributed by atoms with Crippen molar-refractivity contribution in [2.45, 2.75) is 31.8 Å². The molecule has 17 heavy (non-hydrogen) atoms. The van der Waals surface area contributed by atoms with E-state index in [0.717, 1.165) is 25.7 Å². The van der Waals surface area contributed by atoms with Crippen LogP contribution in [0.2, 0.25) is 0 Å². The molecule has 92 valence electrons. The Morgan fingerprint density at radius 1 is 1.47 bits per heavy atom. The zero-order chi connectivity index (χ0) is 12.3. The van der Waals surface area contributed by atoms with E-state index in [2.05, 4.69) is 10.3 Å². The van der Waals surface area contributed by atoms with Crippen LogP contribution in [0.4, 0.5) is 11.5 Å². The standard InChI is InChI=1S/C11H15N3O3/c1-12-10-6-8(14(15)16)7-11(13-10)17-9-4-2-3-5-9/h6-7,9H,2-5H2,1H3,(H,12,13). The average molecular weight is 237 g/mol. The Hall–Kier alpha value is -1.85. The summed E-state index contributed by atoms with van der Waals surface area (Å²) in [6.45, 7) is 0. The highest BCUT2D eigenvalue weighted by Crippen LogP contribution is 2.27. The molecule has 1 aliphatic rings. The molecule has 1 aromatic rings. The van der Waals surface area contributed by atoms with Gasteiger partial charge in [-0.15, -0.1) is 0 Å². The van der Waals surface area contributed by atoms with Gasteiger partial charge in [-0.1, -0.05) is 0 Å². The van der Waals surface area contributed by atoms with Gasteiger partial charge in [-0.25, -0.2) is 0 Å². The molecule has 0 amide bonds. The monoisotopic (exact) mass is 237 g/mol. The van der Waals surface area contributed by atoms with Crippen LogP contribution in [0.3, 0.4) is 0 Å². The Balaban J connectivity index is 2.19. The zero-order valence-electron chi connectivity index (χ0n) is 9.68. The Labute approximate surface area is 99.2 Å². The van der Waals surface area contributed by atoms with Crippen molar-refractivity contribution < 1.29 is 9.66 Å². The molecule has 1 saturated carbocycles. The quantitative estimate of drug-likeness (QED) is 0.642. The first-order chi connectivity index (χ1) is 8.19. The molecule has 0 bridgehead atoms. The molecule has 1 aromatic heterocycles. The Morgan fingerprint density at radius 3 is 2.76 bits per heavy atom. The number of anilines is 1. The minimum Gasteiger partial charge on any atom is -0.474 e. The van der Waals surface area contributed by atoms with Crippen LogP contribution in [0.15, 0.2) is 12.1 Å². The molecule has 2 rings (SSSR count). The van der Waals surface area contributed by atoms with Gasteiger partial charge in [0.2, 0.25) is 5.88 Å². The summed E-state index contributed by atoms with van der Waals surface area (Å²) in [5.74, 6) is 0.780. The van der Waals surface area contributed by atoms with Crippen molar-refractivity contribution in [3.8, 4) is 5.88 Å². The van der Waals surface area contributed by atoms with Gasteiger partial charge in [-0.2, -0.15) is 4.98 Å². The maximum absolute atomic E-state index is 10.8. The summed E-state index contributed by atoms with van der Waals surface area (Å²) in [6.07, 6.45) is 4.45. The first-order valence-electron chi connectivity index (χ1n) is 5.70. The molecule has 0 aromatic carbocycles. The van der Waals surface area contributed by atoms with E-state index < -0.39 is 4.92 Å². The topological polar surface area (TPSA) is 77.3 Å². The lowest BCUT2D eigenvalue weighted by Crippen LogP contribution is -2.12. The second-order valence-electron chi connectivity index (χ2n) is 4.08. The molecule has 1 fully saturated rings. The minimum atomic E-state index is -0.440. The molecule has 0 aliphatic heterocycles. The van der Waals surface area contributed by atoms with Crippen LogP contribution in [-0.2, 0) is 0 Å². The average Bonchev–Trinajstić information content (AvgIpc) is 2.81. The Morgan fingerprint density at radius 2 is 2.18 bits per heavy atom. The molecule has 6 nitrogen and oxygen atoms in total. The lowest BCUT2D eigenvalue weighted by molar-refractivity contribution is -0.384. The summed E-state index contributed by atoms with van der Waals surface area (Å²) in [7, 11) is 1.67. The smallest absolute Gasteiger partial charge is 0.278 e. The first kappa shape index (κ1) is 11.6. The van der Waals surface area contributed by atoms with Crippen molar-refractivity contribution >= 4 is 11.5 Å². The van der Waals surface area contributed by atoms with Crippen LogP contribution in [0.5, 0.6) is 5.88 Å². The molecule has 0 radical (unpaired) electrons. The van der Waals surface area contributed by atoms with Gasteiger partial charge in [-0.05, 0) is 25.7 Å². The third-order valence-corrected chi connectivity index (χ3v) is 2.84. The third kappa shape index (κ3) is 2.83. The largest absolute Gasteiger partial charge is 0.474 e. The SMILES string of the molecule is CNc1cc([N+](=O)[O-])cc(OC2CCCC2)n1. The predicted molar refractivity (Wildman–Crippen MR) is 63.3 cm³/mol. The lowest BCUT2D eigenvalue weighted by atomic mass is 10.3. The van der Waals surface area contributed by atoms with E-state index in [-0.39, 0.29) is 11.8 Å². The van der Waals surface area contributed by atoms with E-state index in [0.29, 0.717) is 11.7 Å². The van der Waals surface area contributed by atoms with E-state index >= 15 is 0 Å². The summed E-state index contributed by atoms with van der Waals surface area (Å²) in [5.41, 5.74) is -0.00246. The molecule has 0 unspecified atom stereocenters. The fourth-order valence-electron chi connectivity index (χ4n) is 1.96. The predicted octanol–water partition coefficient (Wildman–Crippen LogP) is 2.35. The molecular weight excluding hydrogens is 222 g/mol.